The number of aromatic carboxylic acids is 1. The van der Waals surface area contributed by atoms with Gasteiger partial charge in [-0.1, -0.05) is 12.8 Å². The van der Waals surface area contributed by atoms with E-state index in [0.29, 0.717) is 0 Å². The van der Waals surface area contributed by atoms with Crippen molar-refractivity contribution in [3.8, 4) is 0 Å². The zero-order chi connectivity index (χ0) is 15.6. The van der Waals surface area contributed by atoms with Crippen molar-refractivity contribution in [2.45, 2.75) is 36.6 Å². The highest BCUT2D eigenvalue weighted by molar-refractivity contribution is 7.89. The van der Waals surface area contributed by atoms with E-state index in [9.17, 15) is 13.2 Å². The number of carbonyl (C=O) groups is 1. The highest BCUT2D eigenvalue weighted by Crippen LogP contribution is 2.29. The van der Waals surface area contributed by atoms with Crippen LogP contribution in [0.15, 0.2) is 17.2 Å². The zero-order valence-corrected chi connectivity index (χ0v) is 12.7. The molecule has 1 saturated carbocycles. The lowest BCUT2D eigenvalue weighted by Gasteiger charge is -2.26. The highest BCUT2D eigenvalue weighted by Gasteiger charge is 2.34. The summed E-state index contributed by atoms with van der Waals surface area (Å²) in [6.07, 6.45) is 4.79. The van der Waals surface area contributed by atoms with Crippen LogP contribution in [-0.4, -0.2) is 52.7 Å². The van der Waals surface area contributed by atoms with E-state index in [1.165, 1.54) is 22.1 Å². The molecule has 1 heterocycles. The van der Waals surface area contributed by atoms with Crippen molar-refractivity contribution in [2.75, 3.05) is 13.2 Å². The molecule has 0 unspecified atom stereocenters. The van der Waals surface area contributed by atoms with Gasteiger partial charge in [0.2, 0.25) is 10.0 Å². The number of nitrogens with zero attached hydrogens (tertiary/aromatic N) is 2. The van der Waals surface area contributed by atoms with Crippen molar-refractivity contribution in [1.29, 1.82) is 0 Å². The molecule has 0 radical (unpaired) electrons. The average Bonchev–Trinajstić information content (AvgIpc) is 3.04. The number of carboxylic acids is 1. The molecule has 0 saturated heterocycles. The minimum Gasteiger partial charge on any atom is -0.477 e. The quantitative estimate of drug-likeness (QED) is 0.802. The molecule has 2 N–H and O–H groups in total. The Balaban J connectivity index is 2.37. The molecule has 0 aliphatic heterocycles. The Kier molecular flexibility index (Phi) is 4.70. The molecule has 0 amide bonds. The maximum absolute atomic E-state index is 12.7. The molecule has 1 fully saturated rings. The van der Waals surface area contributed by atoms with Gasteiger partial charge < -0.3 is 14.8 Å². The van der Waals surface area contributed by atoms with Gasteiger partial charge in [0.1, 0.15) is 10.6 Å². The molecule has 7 nitrogen and oxygen atoms in total. The topological polar surface area (TPSA) is 99.8 Å². The van der Waals surface area contributed by atoms with Crippen molar-refractivity contribution in [2.24, 2.45) is 7.05 Å². The lowest BCUT2D eigenvalue weighted by molar-refractivity contribution is 0.0686. The number of aliphatic hydroxyl groups excluding tert-OH is 1. The van der Waals surface area contributed by atoms with E-state index in [2.05, 4.69) is 0 Å². The van der Waals surface area contributed by atoms with Crippen LogP contribution in [0, 0.1) is 0 Å². The molecular weight excluding hydrogens is 296 g/mol. The Morgan fingerprint density at radius 1 is 1.43 bits per heavy atom. The van der Waals surface area contributed by atoms with Crippen molar-refractivity contribution in [3.63, 3.8) is 0 Å². The average molecular weight is 316 g/mol. The normalized spacial score (nSPS) is 16.7. The maximum atomic E-state index is 12.7. The standard InChI is InChI=1S/C13H20N2O5S/c1-14-9-11(8-12(14)13(17)18)21(19,20)15(6-7-16)10-4-2-3-5-10/h8-10,16H,2-7H2,1H3,(H,17,18). The highest BCUT2D eigenvalue weighted by atomic mass is 32.2. The van der Waals surface area contributed by atoms with Crippen molar-refractivity contribution in [3.05, 3.63) is 18.0 Å². The fraction of sp³-hybridized carbons (Fsp3) is 0.615. The van der Waals surface area contributed by atoms with Crippen LogP contribution >= 0.6 is 0 Å². The van der Waals surface area contributed by atoms with Crippen LogP contribution in [0.5, 0.6) is 0 Å². The minimum atomic E-state index is -3.79. The number of sulfonamides is 1. The van der Waals surface area contributed by atoms with Gasteiger partial charge in [0.15, 0.2) is 0 Å². The molecule has 0 aromatic carbocycles. The second kappa shape index (κ2) is 6.17. The lowest BCUT2D eigenvalue weighted by Crippen LogP contribution is -2.40. The Bertz CT molecular complexity index is 617. The number of carboxylic acid groups (broad SMARTS) is 1. The lowest BCUT2D eigenvalue weighted by atomic mass is 10.2. The summed E-state index contributed by atoms with van der Waals surface area (Å²) in [7, 11) is -2.30. The van der Waals surface area contributed by atoms with Crippen molar-refractivity contribution in [1.82, 2.24) is 8.87 Å². The fourth-order valence-electron chi connectivity index (χ4n) is 2.81. The number of aliphatic hydroxyl groups is 1. The maximum Gasteiger partial charge on any atom is 0.352 e. The third-order valence-corrected chi connectivity index (χ3v) is 5.78. The molecule has 0 bridgehead atoms. The smallest absolute Gasteiger partial charge is 0.352 e. The monoisotopic (exact) mass is 316 g/mol. The Hall–Kier alpha value is -1.38. The molecule has 8 heteroatoms. The summed E-state index contributed by atoms with van der Waals surface area (Å²) in [6.45, 7) is -0.224. The van der Waals surface area contributed by atoms with Gasteiger partial charge in [0, 0.05) is 25.8 Å². The van der Waals surface area contributed by atoms with Crippen LogP contribution in [0.2, 0.25) is 0 Å². The molecule has 1 aromatic heterocycles. The number of aromatic nitrogens is 1. The second-order valence-electron chi connectivity index (χ2n) is 5.25. The van der Waals surface area contributed by atoms with E-state index in [1.54, 1.807) is 0 Å². The van der Waals surface area contributed by atoms with Gasteiger partial charge in [0.25, 0.3) is 0 Å². The molecule has 0 spiro atoms. The Morgan fingerprint density at radius 2 is 2.05 bits per heavy atom. The number of aryl methyl sites for hydroxylation is 1. The summed E-state index contributed by atoms with van der Waals surface area (Å²) in [5.74, 6) is -1.17. The van der Waals surface area contributed by atoms with Gasteiger partial charge in [-0.25, -0.2) is 13.2 Å². The van der Waals surface area contributed by atoms with Gasteiger partial charge in [-0.15, -0.1) is 0 Å². The molecular formula is C13H20N2O5S. The summed E-state index contributed by atoms with van der Waals surface area (Å²) in [6, 6.07) is 1.05. The van der Waals surface area contributed by atoms with Crippen LogP contribution in [-0.2, 0) is 17.1 Å². The first-order chi connectivity index (χ1) is 9.87. The van der Waals surface area contributed by atoms with E-state index in [4.69, 9.17) is 10.2 Å². The third kappa shape index (κ3) is 3.12. The molecule has 1 aliphatic carbocycles. The fourth-order valence-corrected chi connectivity index (χ4v) is 4.56. The molecule has 21 heavy (non-hydrogen) atoms. The first kappa shape index (κ1) is 16.0. The van der Waals surface area contributed by atoms with Gasteiger partial charge in [-0.05, 0) is 18.9 Å². The van der Waals surface area contributed by atoms with Crippen molar-refractivity contribution >= 4 is 16.0 Å². The molecule has 1 aliphatic rings. The predicted molar refractivity (Wildman–Crippen MR) is 75.6 cm³/mol. The summed E-state index contributed by atoms with van der Waals surface area (Å²) >= 11 is 0. The van der Waals surface area contributed by atoms with Crippen molar-refractivity contribution < 1.29 is 23.4 Å². The van der Waals surface area contributed by atoms with Crippen LogP contribution in [0.4, 0.5) is 0 Å². The van der Waals surface area contributed by atoms with Gasteiger partial charge >= 0.3 is 5.97 Å². The van der Waals surface area contributed by atoms with Gasteiger partial charge in [-0.2, -0.15) is 4.31 Å². The summed E-state index contributed by atoms with van der Waals surface area (Å²) in [4.78, 5) is 11.0. The van der Waals surface area contributed by atoms with Crippen LogP contribution in [0.25, 0.3) is 0 Å². The van der Waals surface area contributed by atoms with Gasteiger partial charge in [-0.3, -0.25) is 0 Å². The Morgan fingerprint density at radius 3 is 2.52 bits per heavy atom. The van der Waals surface area contributed by atoms with Crippen LogP contribution in [0.3, 0.4) is 0 Å². The van der Waals surface area contributed by atoms with Gasteiger partial charge in [0.05, 0.1) is 6.61 Å². The molecule has 118 valence electrons. The van der Waals surface area contributed by atoms with E-state index in [1.807, 2.05) is 0 Å². The first-order valence-electron chi connectivity index (χ1n) is 6.90. The van der Waals surface area contributed by atoms with E-state index in [0.717, 1.165) is 31.7 Å². The summed E-state index contributed by atoms with van der Waals surface area (Å²) < 4.78 is 28.0. The van der Waals surface area contributed by atoms with Crippen LogP contribution in [0.1, 0.15) is 36.2 Å². The number of rotatable bonds is 6. The van der Waals surface area contributed by atoms with E-state index < -0.39 is 16.0 Å². The number of hydrogen-bond donors (Lipinski definition) is 2. The second-order valence-corrected chi connectivity index (χ2v) is 7.15. The Labute approximate surface area is 123 Å². The molecule has 0 atom stereocenters. The summed E-state index contributed by atoms with van der Waals surface area (Å²) in [5.41, 5.74) is -0.0797. The zero-order valence-electron chi connectivity index (χ0n) is 11.9. The van der Waals surface area contributed by atoms with E-state index >= 15 is 0 Å². The third-order valence-electron chi connectivity index (χ3n) is 3.86. The predicted octanol–water partition coefficient (Wildman–Crippen LogP) is 0.649. The van der Waals surface area contributed by atoms with Crippen LogP contribution < -0.4 is 0 Å². The first-order valence-corrected chi connectivity index (χ1v) is 8.34. The minimum absolute atomic E-state index is 0.0320. The largest absolute Gasteiger partial charge is 0.477 e. The SMILES string of the molecule is Cn1cc(S(=O)(=O)N(CCO)C2CCCC2)cc1C(=O)O. The van der Waals surface area contributed by atoms with E-state index in [-0.39, 0.29) is 29.8 Å². The number of hydrogen-bond acceptors (Lipinski definition) is 4. The molecule has 2 rings (SSSR count). The summed E-state index contributed by atoms with van der Waals surface area (Å²) in [5, 5.41) is 18.2. The molecule has 1 aromatic rings.